The quantitative estimate of drug-likeness (QED) is 0.803. The first-order chi connectivity index (χ1) is 6.42. The predicted molar refractivity (Wildman–Crippen MR) is 54.9 cm³/mol. The number of rotatable bonds is 3. The molecule has 80 valence electrons. The van der Waals surface area contributed by atoms with Gasteiger partial charge in [-0.15, -0.1) is 0 Å². The van der Waals surface area contributed by atoms with E-state index in [1.165, 1.54) is 0 Å². The molecule has 0 bridgehead atoms. The zero-order valence-corrected chi connectivity index (χ0v) is 9.37. The molecule has 4 nitrogen and oxygen atoms in total. The van der Waals surface area contributed by atoms with E-state index in [4.69, 9.17) is 10.3 Å². The molecule has 1 aromatic rings. The van der Waals surface area contributed by atoms with E-state index in [0.717, 1.165) is 6.42 Å². The van der Waals surface area contributed by atoms with E-state index in [1.54, 1.807) is 0 Å². The average Bonchev–Trinajstić information content (AvgIpc) is 2.46. The van der Waals surface area contributed by atoms with Crippen LogP contribution in [0.25, 0.3) is 0 Å². The fourth-order valence-electron chi connectivity index (χ4n) is 1.49. The Kier molecular flexibility index (Phi) is 3.26. The number of hydrogen-bond donors (Lipinski definition) is 1. The summed E-state index contributed by atoms with van der Waals surface area (Å²) in [5, 5.41) is 3.77. The molecule has 14 heavy (non-hydrogen) atoms. The first-order valence-electron chi connectivity index (χ1n) is 4.92. The summed E-state index contributed by atoms with van der Waals surface area (Å²) in [6, 6.07) is 0. The molecule has 0 saturated heterocycles. The lowest BCUT2D eigenvalue weighted by atomic mass is 9.84. The molecule has 0 radical (unpaired) electrons. The third-order valence-electron chi connectivity index (χ3n) is 2.04. The highest BCUT2D eigenvalue weighted by Crippen LogP contribution is 2.29. The van der Waals surface area contributed by atoms with Gasteiger partial charge in [-0.1, -0.05) is 25.9 Å². The van der Waals surface area contributed by atoms with Gasteiger partial charge in [0.15, 0.2) is 5.82 Å². The van der Waals surface area contributed by atoms with Gasteiger partial charge in [-0.05, 0) is 18.8 Å². The van der Waals surface area contributed by atoms with Crippen LogP contribution in [-0.2, 0) is 0 Å². The van der Waals surface area contributed by atoms with E-state index < -0.39 is 0 Å². The van der Waals surface area contributed by atoms with E-state index in [9.17, 15) is 0 Å². The molecule has 0 spiro atoms. The van der Waals surface area contributed by atoms with Crippen molar-refractivity contribution >= 4 is 0 Å². The number of hydrogen-bond acceptors (Lipinski definition) is 4. The zero-order valence-electron chi connectivity index (χ0n) is 9.37. The van der Waals surface area contributed by atoms with Crippen molar-refractivity contribution in [3.8, 4) is 0 Å². The van der Waals surface area contributed by atoms with Crippen molar-refractivity contribution < 1.29 is 4.52 Å². The first kappa shape index (κ1) is 11.2. The third-order valence-corrected chi connectivity index (χ3v) is 2.04. The highest BCUT2D eigenvalue weighted by Gasteiger charge is 2.23. The molecular weight excluding hydrogens is 178 g/mol. The van der Waals surface area contributed by atoms with Crippen molar-refractivity contribution in [2.24, 2.45) is 11.1 Å². The summed E-state index contributed by atoms with van der Waals surface area (Å²) in [6.45, 7) is 8.91. The molecule has 0 amide bonds. The Balaban J connectivity index is 2.72. The molecule has 0 aliphatic rings. The van der Waals surface area contributed by atoms with Crippen LogP contribution in [0.3, 0.4) is 0 Å². The summed E-state index contributed by atoms with van der Waals surface area (Å²) in [6.07, 6.45) is 0.963. The Bertz CT molecular complexity index is 288. The maximum Gasteiger partial charge on any atom is 0.231 e. The van der Waals surface area contributed by atoms with E-state index in [0.29, 0.717) is 18.3 Å². The lowest BCUT2D eigenvalue weighted by Gasteiger charge is -2.22. The summed E-state index contributed by atoms with van der Waals surface area (Å²) in [5.74, 6) is 1.52. The van der Waals surface area contributed by atoms with Crippen LogP contribution in [0.4, 0.5) is 0 Å². The van der Waals surface area contributed by atoms with E-state index >= 15 is 0 Å². The Hall–Kier alpha value is -0.900. The summed E-state index contributed by atoms with van der Waals surface area (Å²) >= 11 is 0. The van der Waals surface area contributed by atoms with Crippen LogP contribution in [0.1, 0.15) is 44.8 Å². The molecule has 4 heteroatoms. The fourth-order valence-corrected chi connectivity index (χ4v) is 1.49. The molecule has 0 aromatic carbocycles. The lowest BCUT2D eigenvalue weighted by molar-refractivity contribution is 0.286. The van der Waals surface area contributed by atoms with Gasteiger partial charge in [-0.25, -0.2) is 0 Å². The second kappa shape index (κ2) is 4.09. The monoisotopic (exact) mass is 197 g/mol. The first-order valence-corrected chi connectivity index (χ1v) is 4.92. The predicted octanol–water partition coefficient (Wildman–Crippen LogP) is 1.86. The van der Waals surface area contributed by atoms with Crippen LogP contribution >= 0.6 is 0 Å². The molecule has 0 aliphatic heterocycles. The van der Waals surface area contributed by atoms with Crippen LogP contribution in [0, 0.1) is 12.3 Å². The third kappa shape index (κ3) is 3.10. The molecule has 1 rings (SSSR count). The Labute approximate surface area is 84.9 Å². The van der Waals surface area contributed by atoms with Gasteiger partial charge >= 0.3 is 0 Å². The van der Waals surface area contributed by atoms with Crippen molar-refractivity contribution in [2.45, 2.75) is 40.0 Å². The standard InChI is InChI=1S/C10H19N3O/c1-7-12-9(14-13-7)8(6-11)5-10(2,3)4/h8H,5-6,11H2,1-4H3. The largest absolute Gasteiger partial charge is 0.339 e. The van der Waals surface area contributed by atoms with Gasteiger partial charge in [0.05, 0.1) is 5.92 Å². The van der Waals surface area contributed by atoms with Crippen LogP contribution in [0.5, 0.6) is 0 Å². The van der Waals surface area contributed by atoms with Gasteiger partial charge in [0.1, 0.15) is 0 Å². The Morgan fingerprint density at radius 3 is 2.43 bits per heavy atom. The fraction of sp³-hybridized carbons (Fsp3) is 0.800. The summed E-state index contributed by atoms with van der Waals surface area (Å²) in [7, 11) is 0. The molecule has 1 aromatic heterocycles. The molecule has 0 fully saturated rings. The van der Waals surface area contributed by atoms with Gasteiger partial charge in [0.2, 0.25) is 5.89 Å². The number of aromatic nitrogens is 2. The minimum Gasteiger partial charge on any atom is -0.339 e. The zero-order chi connectivity index (χ0) is 10.8. The van der Waals surface area contributed by atoms with Crippen LogP contribution in [-0.4, -0.2) is 16.7 Å². The topological polar surface area (TPSA) is 64.9 Å². The molecule has 1 heterocycles. The molecule has 1 unspecified atom stereocenters. The van der Waals surface area contributed by atoms with E-state index in [-0.39, 0.29) is 11.3 Å². The maximum absolute atomic E-state index is 5.69. The minimum absolute atomic E-state index is 0.177. The summed E-state index contributed by atoms with van der Waals surface area (Å²) < 4.78 is 5.12. The molecule has 2 N–H and O–H groups in total. The Morgan fingerprint density at radius 1 is 1.43 bits per heavy atom. The molecular formula is C10H19N3O. The second-order valence-electron chi connectivity index (χ2n) is 4.88. The number of nitrogens with zero attached hydrogens (tertiary/aromatic N) is 2. The van der Waals surface area contributed by atoms with Crippen molar-refractivity contribution in [1.29, 1.82) is 0 Å². The lowest BCUT2D eigenvalue weighted by Crippen LogP contribution is -2.19. The van der Waals surface area contributed by atoms with E-state index in [2.05, 4.69) is 30.9 Å². The second-order valence-corrected chi connectivity index (χ2v) is 4.88. The smallest absolute Gasteiger partial charge is 0.231 e. The van der Waals surface area contributed by atoms with Crippen molar-refractivity contribution in [2.75, 3.05) is 6.54 Å². The van der Waals surface area contributed by atoms with Crippen molar-refractivity contribution in [3.05, 3.63) is 11.7 Å². The highest BCUT2D eigenvalue weighted by atomic mass is 16.5. The molecule has 0 aliphatic carbocycles. The van der Waals surface area contributed by atoms with Gasteiger partial charge in [0.25, 0.3) is 0 Å². The number of nitrogens with two attached hydrogens (primary N) is 1. The SMILES string of the molecule is Cc1noc(C(CN)CC(C)(C)C)n1. The van der Waals surface area contributed by atoms with Crippen molar-refractivity contribution in [3.63, 3.8) is 0 Å². The average molecular weight is 197 g/mol. The normalized spacial score (nSPS) is 14.4. The van der Waals surface area contributed by atoms with Gasteiger partial charge in [-0.2, -0.15) is 4.98 Å². The van der Waals surface area contributed by atoms with Gasteiger partial charge < -0.3 is 10.3 Å². The minimum atomic E-state index is 0.177. The number of aryl methyl sites for hydroxylation is 1. The van der Waals surface area contributed by atoms with Gasteiger partial charge in [0, 0.05) is 6.54 Å². The Morgan fingerprint density at radius 2 is 2.07 bits per heavy atom. The van der Waals surface area contributed by atoms with Crippen LogP contribution in [0.15, 0.2) is 4.52 Å². The summed E-state index contributed by atoms with van der Waals surface area (Å²) in [4.78, 5) is 4.21. The van der Waals surface area contributed by atoms with Gasteiger partial charge in [-0.3, -0.25) is 0 Å². The van der Waals surface area contributed by atoms with Crippen LogP contribution < -0.4 is 5.73 Å². The van der Waals surface area contributed by atoms with E-state index in [1.807, 2.05) is 6.92 Å². The molecule has 1 atom stereocenters. The highest BCUT2D eigenvalue weighted by molar-refractivity contribution is 4.95. The maximum atomic E-state index is 5.69. The van der Waals surface area contributed by atoms with Crippen molar-refractivity contribution in [1.82, 2.24) is 10.1 Å². The van der Waals surface area contributed by atoms with Crippen LogP contribution in [0.2, 0.25) is 0 Å². The summed E-state index contributed by atoms with van der Waals surface area (Å²) in [5.41, 5.74) is 5.92. The molecule has 0 saturated carbocycles.